The Balaban J connectivity index is 2.01. The van der Waals surface area contributed by atoms with Crippen LogP contribution in [0.1, 0.15) is 18.4 Å². The number of rotatable bonds is 5. The molecule has 1 aromatic rings. The van der Waals surface area contributed by atoms with Gasteiger partial charge in [0, 0.05) is 17.1 Å². The fourth-order valence-electron chi connectivity index (χ4n) is 3.24. The Labute approximate surface area is 123 Å². The molecular formula is C14H18O6S. The summed E-state index contributed by atoms with van der Waals surface area (Å²) in [5, 5.41) is 18.5. The Morgan fingerprint density at radius 3 is 2.52 bits per heavy atom. The van der Waals surface area contributed by atoms with Gasteiger partial charge in [0.2, 0.25) is 6.79 Å². The van der Waals surface area contributed by atoms with Gasteiger partial charge in [-0.1, -0.05) is 13.0 Å². The Morgan fingerprint density at radius 2 is 1.90 bits per heavy atom. The molecular weight excluding hydrogens is 296 g/mol. The van der Waals surface area contributed by atoms with Crippen molar-refractivity contribution in [3.63, 3.8) is 0 Å². The van der Waals surface area contributed by atoms with Crippen LogP contribution in [0.5, 0.6) is 11.5 Å². The van der Waals surface area contributed by atoms with Crippen LogP contribution >= 0.6 is 0 Å². The average Bonchev–Trinajstić information content (AvgIpc) is 2.98. The highest BCUT2D eigenvalue weighted by Gasteiger charge is 2.69. The van der Waals surface area contributed by atoms with E-state index in [4.69, 9.17) is 9.47 Å². The van der Waals surface area contributed by atoms with E-state index in [0.717, 1.165) is 5.56 Å². The summed E-state index contributed by atoms with van der Waals surface area (Å²) >= 11 is 0. The molecule has 116 valence electrons. The monoisotopic (exact) mass is 314 g/mol. The molecule has 0 unspecified atom stereocenters. The summed E-state index contributed by atoms with van der Waals surface area (Å²) < 4.78 is 35.0. The van der Waals surface area contributed by atoms with Crippen molar-refractivity contribution in [2.75, 3.05) is 25.8 Å². The van der Waals surface area contributed by atoms with Crippen molar-refractivity contribution in [1.82, 2.24) is 0 Å². The van der Waals surface area contributed by atoms with Gasteiger partial charge in [0.05, 0.1) is 18.5 Å². The van der Waals surface area contributed by atoms with Gasteiger partial charge >= 0.3 is 0 Å². The fourth-order valence-corrected chi connectivity index (χ4v) is 5.37. The van der Waals surface area contributed by atoms with Crippen molar-refractivity contribution < 1.29 is 28.1 Å². The minimum absolute atomic E-state index is 0.0134. The highest BCUT2D eigenvalue weighted by atomic mass is 32.2. The number of hydrogen-bond donors (Lipinski definition) is 2. The summed E-state index contributed by atoms with van der Waals surface area (Å²) in [7, 11) is -3.36. The number of benzene rings is 1. The molecule has 21 heavy (non-hydrogen) atoms. The lowest BCUT2D eigenvalue weighted by Crippen LogP contribution is -2.23. The van der Waals surface area contributed by atoms with Crippen molar-refractivity contribution in [1.29, 1.82) is 0 Å². The molecule has 6 nitrogen and oxygen atoms in total. The van der Waals surface area contributed by atoms with Crippen LogP contribution < -0.4 is 9.47 Å². The van der Waals surface area contributed by atoms with Gasteiger partial charge in [0.15, 0.2) is 21.3 Å². The van der Waals surface area contributed by atoms with Gasteiger partial charge in [0.25, 0.3) is 0 Å². The van der Waals surface area contributed by atoms with Crippen LogP contribution in [0.15, 0.2) is 18.2 Å². The van der Waals surface area contributed by atoms with E-state index in [1.807, 2.05) is 0 Å². The molecule has 3 rings (SSSR count). The number of hydrogen-bond acceptors (Lipinski definition) is 6. The first-order valence-corrected chi connectivity index (χ1v) is 8.54. The normalized spacial score (nSPS) is 25.9. The van der Waals surface area contributed by atoms with Gasteiger partial charge < -0.3 is 19.7 Å². The second-order valence-corrected chi connectivity index (χ2v) is 7.92. The number of ether oxygens (including phenoxy) is 2. The van der Waals surface area contributed by atoms with Crippen molar-refractivity contribution in [3.8, 4) is 11.5 Å². The van der Waals surface area contributed by atoms with E-state index in [1.54, 1.807) is 25.1 Å². The molecule has 1 fully saturated rings. The first-order chi connectivity index (χ1) is 10.00. The second-order valence-electron chi connectivity index (χ2n) is 5.51. The topological polar surface area (TPSA) is 93.1 Å². The van der Waals surface area contributed by atoms with Gasteiger partial charge in [0.1, 0.15) is 0 Å². The molecule has 2 aliphatic rings. The second kappa shape index (κ2) is 4.86. The van der Waals surface area contributed by atoms with Crippen LogP contribution in [-0.4, -0.2) is 49.6 Å². The lowest BCUT2D eigenvalue weighted by molar-refractivity contribution is 0.130. The van der Waals surface area contributed by atoms with E-state index < -0.39 is 26.4 Å². The molecule has 1 heterocycles. The minimum Gasteiger partial charge on any atom is -0.454 e. The largest absolute Gasteiger partial charge is 0.454 e. The molecule has 1 aliphatic carbocycles. The summed E-state index contributed by atoms with van der Waals surface area (Å²) in [5.74, 6) is 0.747. The van der Waals surface area contributed by atoms with Crippen LogP contribution in [0.2, 0.25) is 0 Å². The first-order valence-electron chi connectivity index (χ1n) is 6.83. The van der Waals surface area contributed by atoms with Crippen molar-refractivity contribution in [2.45, 2.75) is 18.1 Å². The maximum absolute atomic E-state index is 12.2. The summed E-state index contributed by atoms with van der Waals surface area (Å²) in [6.45, 7) is 0.980. The molecule has 0 bridgehead atoms. The van der Waals surface area contributed by atoms with Crippen LogP contribution in [0.4, 0.5) is 0 Å². The van der Waals surface area contributed by atoms with Crippen molar-refractivity contribution >= 4 is 9.84 Å². The predicted molar refractivity (Wildman–Crippen MR) is 75.2 cm³/mol. The highest BCUT2D eigenvalue weighted by molar-refractivity contribution is 7.92. The van der Waals surface area contributed by atoms with E-state index >= 15 is 0 Å². The quantitative estimate of drug-likeness (QED) is 0.811. The van der Waals surface area contributed by atoms with E-state index in [2.05, 4.69) is 0 Å². The van der Waals surface area contributed by atoms with Gasteiger partial charge in [-0.2, -0.15) is 0 Å². The molecule has 7 heteroatoms. The molecule has 0 radical (unpaired) electrons. The number of sulfone groups is 1. The molecule has 0 aromatic heterocycles. The fraction of sp³-hybridized carbons (Fsp3) is 0.571. The molecule has 1 aliphatic heterocycles. The zero-order valence-electron chi connectivity index (χ0n) is 11.7. The van der Waals surface area contributed by atoms with Crippen LogP contribution in [0, 0.1) is 5.41 Å². The minimum atomic E-state index is -3.36. The Kier molecular flexibility index (Phi) is 3.38. The van der Waals surface area contributed by atoms with Crippen molar-refractivity contribution in [3.05, 3.63) is 23.8 Å². The summed E-state index contributed by atoms with van der Waals surface area (Å²) in [4.78, 5) is 0. The third-order valence-corrected chi connectivity index (χ3v) is 6.83. The van der Waals surface area contributed by atoms with Gasteiger partial charge in [-0.25, -0.2) is 8.42 Å². The highest BCUT2D eigenvalue weighted by Crippen LogP contribution is 2.63. The lowest BCUT2D eigenvalue weighted by Gasteiger charge is -2.11. The van der Waals surface area contributed by atoms with E-state index in [1.165, 1.54) is 0 Å². The third-order valence-electron chi connectivity index (χ3n) is 4.51. The maximum atomic E-state index is 12.2. The third kappa shape index (κ3) is 2.03. The number of aliphatic hydroxyl groups excluding tert-OH is 2. The molecule has 2 N–H and O–H groups in total. The van der Waals surface area contributed by atoms with Gasteiger partial charge in [-0.15, -0.1) is 0 Å². The molecule has 2 atom stereocenters. The SMILES string of the molecule is CCS(=O)(=O)[C@@H]1[C@H](c2ccc3c(c2)OCO3)C1(CO)CO. The van der Waals surface area contributed by atoms with E-state index in [0.29, 0.717) is 11.5 Å². The zero-order chi connectivity index (χ0) is 15.3. The summed E-state index contributed by atoms with van der Waals surface area (Å²) in [6, 6.07) is 5.23. The molecule has 0 spiro atoms. The van der Waals surface area contributed by atoms with Gasteiger partial charge in [-0.05, 0) is 17.7 Å². The Morgan fingerprint density at radius 1 is 1.24 bits per heavy atom. The number of fused-ring (bicyclic) bond motifs is 1. The zero-order valence-corrected chi connectivity index (χ0v) is 12.5. The Bertz CT molecular complexity index is 649. The smallest absolute Gasteiger partial charge is 0.231 e. The van der Waals surface area contributed by atoms with Crippen LogP contribution in [0.3, 0.4) is 0 Å². The summed E-state index contributed by atoms with van der Waals surface area (Å²) in [5.41, 5.74) is -0.271. The van der Waals surface area contributed by atoms with Crippen molar-refractivity contribution in [2.24, 2.45) is 5.41 Å². The van der Waals surface area contributed by atoms with E-state index in [9.17, 15) is 18.6 Å². The molecule has 1 aromatic carbocycles. The lowest BCUT2D eigenvalue weighted by atomic mass is 10.0. The maximum Gasteiger partial charge on any atom is 0.231 e. The average molecular weight is 314 g/mol. The van der Waals surface area contributed by atoms with Crippen LogP contribution in [0.25, 0.3) is 0 Å². The van der Waals surface area contributed by atoms with Crippen LogP contribution in [-0.2, 0) is 9.84 Å². The number of aliphatic hydroxyl groups is 2. The Hall–Kier alpha value is -1.31. The standard InChI is InChI=1S/C14H18O6S/c1-2-21(17,18)13-12(14(13,6-15)7-16)9-3-4-10-11(5-9)20-8-19-10/h3-5,12-13,15-16H,2,6-8H2,1H3/t12-,13+/m0/s1. The molecule has 0 amide bonds. The van der Waals surface area contributed by atoms with E-state index in [-0.39, 0.29) is 25.8 Å². The predicted octanol–water partition coefficient (Wildman–Crippen LogP) is 0.287. The first kappa shape index (κ1) is 14.6. The molecule has 0 saturated heterocycles. The van der Waals surface area contributed by atoms with Gasteiger partial charge in [-0.3, -0.25) is 0 Å². The summed E-state index contributed by atoms with van der Waals surface area (Å²) in [6.07, 6.45) is 0. The molecule has 1 saturated carbocycles.